The highest BCUT2D eigenvalue weighted by molar-refractivity contribution is 7.84. The molecule has 0 saturated heterocycles. The molecule has 0 radical (unpaired) electrons. The first kappa shape index (κ1) is 30.4. The highest BCUT2D eigenvalue weighted by Crippen LogP contribution is 2.28. The molecule has 0 amide bonds. The summed E-state index contributed by atoms with van der Waals surface area (Å²) in [5.74, 6) is -0.853. The molecule has 3 aromatic heterocycles. The van der Waals surface area contributed by atoms with Gasteiger partial charge in [-0.25, -0.2) is 23.4 Å². The zero-order valence-corrected chi connectivity index (χ0v) is 24.8. The van der Waals surface area contributed by atoms with Crippen molar-refractivity contribution in [1.82, 2.24) is 24.3 Å². The molecule has 0 aliphatic rings. The van der Waals surface area contributed by atoms with Crippen LogP contribution in [-0.4, -0.2) is 34.8 Å². The molecule has 0 aliphatic carbocycles. The van der Waals surface area contributed by atoms with Gasteiger partial charge in [-0.15, -0.1) is 0 Å². The number of nitrogens with zero attached hydrogens (tertiary/aromatic N) is 5. The van der Waals surface area contributed by atoms with E-state index in [0.717, 1.165) is 12.1 Å². The zero-order chi connectivity index (χ0) is 30.7. The number of anilines is 1. The Hall–Kier alpha value is -4.58. The minimum absolute atomic E-state index is 0.262. The van der Waals surface area contributed by atoms with Crippen molar-refractivity contribution in [3.63, 3.8) is 0 Å². The topological polar surface area (TPSA) is 112 Å². The first-order chi connectivity index (χ1) is 19.9. The Morgan fingerprint density at radius 1 is 0.929 bits per heavy atom. The molecule has 0 aliphatic heterocycles. The summed E-state index contributed by atoms with van der Waals surface area (Å²) in [5, 5.41) is 7.27. The van der Waals surface area contributed by atoms with Crippen LogP contribution >= 0.6 is 0 Å². The molecular formula is C30H30F2N6O3S. The molecule has 218 valence electrons. The van der Waals surface area contributed by atoms with Gasteiger partial charge in [0.15, 0.2) is 5.82 Å². The van der Waals surface area contributed by atoms with Crippen LogP contribution in [0.4, 0.5) is 14.5 Å². The number of benzene rings is 1. The third kappa shape index (κ3) is 6.49. The molecule has 0 saturated carbocycles. The van der Waals surface area contributed by atoms with E-state index in [1.54, 1.807) is 40.9 Å². The van der Waals surface area contributed by atoms with E-state index in [-0.39, 0.29) is 10.5 Å². The molecule has 1 N–H and O–H groups in total. The summed E-state index contributed by atoms with van der Waals surface area (Å²) < 4.78 is 43.6. The fourth-order valence-electron chi connectivity index (χ4n) is 4.46. The Bertz CT molecular complexity index is 1870. The Labute approximate surface area is 243 Å². The van der Waals surface area contributed by atoms with Crippen LogP contribution in [0.3, 0.4) is 0 Å². The van der Waals surface area contributed by atoms with Crippen molar-refractivity contribution in [2.45, 2.75) is 31.7 Å². The van der Waals surface area contributed by atoms with Crippen LogP contribution in [-0.2, 0) is 24.9 Å². The highest BCUT2D eigenvalue weighted by Gasteiger charge is 2.15. The molecule has 42 heavy (non-hydrogen) atoms. The average Bonchev–Trinajstić information content (AvgIpc) is 2.96. The largest absolute Gasteiger partial charge is 0.378 e. The van der Waals surface area contributed by atoms with Crippen LogP contribution in [0.2, 0.25) is 0 Å². The normalized spacial score (nSPS) is 12.4. The third-order valence-electron chi connectivity index (χ3n) is 6.84. The van der Waals surface area contributed by atoms with Gasteiger partial charge >= 0.3 is 0 Å². The second-order valence-electron chi connectivity index (χ2n) is 9.80. The van der Waals surface area contributed by atoms with Gasteiger partial charge in [0.1, 0.15) is 11.6 Å². The molecule has 0 spiro atoms. The van der Waals surface area contributed by atoms with Crippen LogP contribution in [0, 0.1) is 25.5 Å². The molecular weight excluding hydrogens is 562 g/mol. The Morgan fingerprint density at radius 2 is 1.57 bits per heavy atom. The predicted molar refractivity (Wildman–Crippen MR) is 159 cm³/mol. The third-order valence-corrected chi connectivity index (χ3v) is 7.80. The summed E-state index contributed by atoms with van der Waals surface area (Å²) in [5.41, 5.74) is 2.77. The number of hydrogen-bond donors (Lipinski definition) is 1. The van der Waals surface area contributed by atoms with Crippen LogP contribution in [0.5, 0.6) is 0 Å². The SMILES string of the molecule is Cc1cc(-c2cnc(-c3cnn(C)c(=O)c3C)nc2)n(C)c(=O)ccc(F)cc1[C@@H](C)Nc1ccc(F)cc1S(C)=O. The zero-order valence-electron chi connectivity index (χ0n) is 24.0. The maximum Gasteiger partial charge on any atom is 0.270 e. The minimum atomic E-state index is -1.47. The summed E-state index contributed by atoms with van der Waals surface area (Å²) in [4.78, 5) is 34.4. The number of rotatable bonds is 6. The van der Waals surface area contributed by atoms with E-state index >= 15 is 0 Å². The molecule has 1 unspecified atom stereocenters. The molecule has 4 aromatic rings. The van der Waals surface area contributed by atoms with Crippen LogP contribution in [0.25, 0.3) is 22.6 Å². The fourth-order valence-corrected chi connectivity index (χ4v) is 5.18. The molecule has 0 bridgehead atoms. The molecule has 12 heteroatoms. The van der Waals surface area contributed by atoms with E-state index in [0.29, 0.717) is 45.0 Å². The van der Waals surface area contributed by atoms with Gasteiger partial charge in [0.25, 0.3) is 11.1 Å². The standard InChI is InChI=1S/C30H30F2N6O3S/c1-17-11-26(20-14-33-29(34-15-20)24-16-35-38(5)30(40)18(24)2)37(4)28(39)10-8-21(31)12-23(17)19(3)36-25-9-7-22(32)13-27(25)42(6)41/h7-16,19,36H,1-6H3/t19-,42?/m1/s1. The van der Waals surface area contributed by atoms with Gasteiger partial charge in [0.05, 0.1) is 33.3 Å². The summed E-state index contributed by atoms with van der Waals surface area (Å²) in [6.45, 7) is 5.24. The lowest BCUT2D eigenvalue weighted by Gasteiger charge is -2.19. The second-order valence-corrected chi connectivity index (χ2v) is 11.1. The summed E-state index contributed by atoms with van der Waals surface area (Å²) in [7, 11) is 1.64. The van der Waals surface area contributed by atoms with Gasteiger partial charge in [-0.3, -0.25) is 13.8 Å². The van der Waals surface area contributed by atoms with Crippen molar-refractivity contribution in [2.24, 2.45) is 14.1 Å². The Morgan fingerprint density at radius 3 is 2.24 bits per heavy atom. The van der Waals surface area contributed by atoms with Crippen molar-refractivity contribution in [2.75, 3.05) is 11.6 Å². The van der Waals surface area contributed by atoms with Crippen molar-refractivity contribution >= 4 is 16.5 Å². The number of aromatic nitrogens is 5. The summed E-state index contributed by atoms with van der Waals surface area (Å²) in [6, 6.07) is 8.68. The lowest BCUT2D eigenvalue weighted by atomic mass is 10.0. The molecule has 2 atom stereocenters. The summed E-state index contributed by atoms with van der Waals surface area (Å²) >= 11 is 0. The first-order valence-electron chi connectivity index (χ1n) is 12.9. The minimum Gasteiger partial charge on any atom is -0.378 e. The molecule has 0 fully saturated rings. The second kappa shape index (κ2) is 12.5. The number of hydrogen-bond acceptors (Lipinski definition) is 7. The smallest absolute Gasteiger partial charge is 0.270 e. The van der Waals surface area contributed by atoms with Crippen molar-refractivity contribution in [3.05, 3.63) is 110 Å². The van der Waals surface area contributed by atoms with E-state index in [9.17, 15) is 22.6 Å². The molecule has 9 nitrogen and oxygen atoms in total. The molecule has 4 rings (SSSR count). The average molecular weight is 593 g/mol. The van der Waals surface area contributed by atoms with Gasteiger partial charge in [0, 0.05) is 61.5 Å². The van der Waals surface area contributed by atoms with E-state index < -0.39 is 34.0 Å². The first-order valence-corrected chi connectivity index (χ1v) is 14.4. The van der Waals surface area contributed by atoms with Crippen LogP contribution in [0.1, 0.15) is 29.7 Å². The predicted octanol–water partition coefficient (Wildman–Crippen LogP) is 4.53. The van der Waals surface area contributed by atoms with Crippen LogP contribution in [0.15, 0.2) is 75.5 Å². The van der Waals surface area contributed by atoms with Gasteiger partial charge < -0.3 is 9.88 Å². The van der Waals surface area contributed by atoms with E-state index in [1.165, 1.54) is 58.4 Å². The highest BCUT2D eigenvalue weighted by atomic mass is 32.2. The monoisotopic (exact) mass is 592 g/mol. The van der Waals surface area contributed by atoms with E-state index in [1.807, 2.05) is 0 Å². The fraction of sp³-hybridized carbons (Fsp3) is 0.233. The number of aryl methyl sites for hydroxylation is 2. The number of nitrogens with one attached hydrogen (secondary N) is 1. The Kier molecular flexibility index (Phi) is 9.05. The van der Waals surface area contributed by atoms with E-state index in [4.69, 9.17) is 0 Å². The summed E-state index contributed by atoms with van der Waals surface area (Å²) in [6.07, 6.45) is 6.05. The molecule has 3 heterocycles. The molecule has 1 aromatic carbocycles. The Balaban J connectivity index is 1.85. The van der Waals surface area contributed by atoms with Gasteiger partial charge in [-0.05, 0) is 68.3 Å². The quantitative estimate of drug-likeness (QED) is 0.350. The van der Waals surface area contributed by atoms with Gasteiger partial charge in [0.2, 0.25) is 0 Å². The lowest BCUT2D eigenvalue weighted by Crippen LogP contribution is -2.22. The number of halogens is 2. The van der Waals surface area contributed by atoms with Crippen molar-refractivity contribution in [1.29, 1.82) is 0 Å². The van der Waals surface area contributed by atoms with E-state index in [2.05, 4.69) is 20.4 Å². The van der Waals surface area contributed by atoms with Crippen LogP contribution < -0.4 is 16.4 Å². The van der Waals surface area contributed by atoms with Gasteiger partial charge in [-0.1, -0.05) is 0 Å². The lowest BCUT2D eigenvalue weighted by molar-refractivity contribution is 0.622. The van der Waals surface area contributed by atoms with Crippen molar-refractivity contribution in [3.8, 4) is 22.6 Å². The van der Waals surface area contributed by atoms with Crippen molar-refractivity contribution < 1.29 is 13.0 Å². The maximum atomic E-state index is 14.9. The van der Waals surface area contributed by atoms with Gasteiger partial charge in [-0.2, -0.15) is 5.10 Å². The maximum absolute atomic E-state index is 14.9.